The number of anilines is 1. The van der Waals surface area contributed by atoms with Crippen LogP contribution in [0.5, 0.6) is 5.75 Å². The molecular formula is C22H20Br2N2O4S. The summed E-state index contributed by atoms with van der Waals surface area (Å²) >= 11 is 6.72. The van der Waals surface area contributed by atoms with Crippen LogP contribution >= 0.6 is 31.9 Å². The van der Waals surface area contributed by atoms with E-state index in [0.29, 0.717) is 11.4 Å². The van der Waals surface area contributed by atoms with Crippen LogP contribution < -0.4 is 14.8 Å². The fourth-order valence-corrected chi connectivity index (χ4v) is 4.48. The van der Waals surface area contributed by atoms with Crippen molar-refractivity contribution in [1.29, 1.82) is 0 Å². The van der Waals surface area contributed by atoms with Gasteiger partial charge in [-0.05, 0) is 73.2 Å². The van der Waals surface area contributed by atoms with Crippen molar-refractivity contribution < 1.29 is 17.9 Å². The Hall–Kier alpha value is -2.36. The van der Waals surface area contributed by atoms with Gasteiger partial charge in [0.1, 0.15) is 5.75 Å². The van der Waals surface area contributed by atoms with Gasteiger partial charge in [0, 0.05) is 14.6 Å². The maximum Gasteiger partial charge on any atom is 0.261 e. The lowest BCUT2D eigenvalue weighted by atomic mass is 10.1. The fourth-order valence-electron chi connectivity index (χ4n) is 2.74. The minimum Gasteiger partial charge on any atom is -0.484 e. The van der Waals surface area contributed by atoms with Gasteiger partial charge in [-0.2, -0.15) is 0 Å². The Labute approximate surface area is 198 Å². The van der Waals surface area contributed by atoms with E-state index < -0.39 is 10.0 Å². The maximum absolute atomic E-state index is 12.5. The van der Waals surface area contributed by atoms with Crippen LogP contribution in [-0.4, -0.2) is 20.9 Å². The number of benzene rings is 3. The molecule has 2 N–H and O–H groups in total. The van der Waals surface area contributed by atoms with Gasteiger partial charge in [-0.25, -0.2) is 8.42 Å². The first kappa shape index (κ1) is 23.3. The molecule has 0 unspecified atom stereocenters. The van der Waals surface area contributed by atoms with Crippen molar-refractivity contribution in [3.63, 3.8) is 0 Å². The number of hydrogen-bond acceptors (Lipinski definition) is 4. The van der Waals surface area contributed by atoms with Gasteiger partial charge in [0.2, 0.25) is 0 Å². The SMILES string of the molecule is C[C@@H](NC(=O)COc1ccc(S(=O)(=O)Nc2ccc(Br)cc2)cc1)c1cccc(Br)c1. The van der Waals surface area contributed by atoms with Crippen molar-refractivity contribution in [2.24, 2.45) is 0 Å². The van der Waals surface area contributed by atoms with Gasteiger partial charge in [0.05, 0.1) is 10.9 Å². The molecule has 31 heavy (non-hydrogen) atoms. The molecule has 3 rings (SSSR count). The van der Waals surface area contributed by atoms with Crippen LogP contribution in [0, 0.1) is 0 Å². The second kappa shape index (κ2) is 10.3. The van der Waals surface area contributed by atoms with Crippen molar-refractivity contribution in [2.75, 3.05) is 11.3 Å². The summed E-state index contributed by atoms with van der Waals surface area (Å²) in [4.78, 5) is 12.3. The van der Waals surface area contributed by atoms with Crippen LogP contribution in [0.4, 0.5) is 5.69 Å². The monoisotopic (exact) mass is 566 g/mol. The van der Waals surface area contributed by atoms with E-state index in [9.17, 15) is 13.2 Å². The van der Waals surface area contributed by atoms with E-state index in [1.807, 2.05) is 31.2 Å². The average molecular weight is 568 g/mol. The first-order valence-electron chi connectivity index (χ1n) is 9.29. The van der Waals surface area contributed by atoms with Gasteiger partial charge < -0.3 is 10.1 Å². The van der Waals surface area contributed by atoms with Crippen molar-refractivity contribution in [2.45, 2.75) is 17.9 Å². The Bertz CT molecular complexity index is 1150. The van der Waals surface area contributed by atoms with Crippen LogP contribution in [0.15, 0.2) is 86.6 Å². The van der Waals surface area contributed by atoms with Gasteiger partial charge in [-0.1, -0.05) is 44.0 Å². The third-order valence-corrected chi connectivity index (χ3v) is 6.75. The third kappa shape index (κ3) is 6.81. The van der Waals surface area contributed by atoms with Gasteiger partial charge in [-0.15, -0.1) is 0 Å². The minimum atomic E-state index is -3.73. The van der Waals surface area contributed by atoms with Gasteiger partial charge in [0.25, 0.3) is 15.9 Å². The Morgan fingerprint density at radius 1 is 0.968 bits per heavy atom. The highest BCUT2D eigenvalue weighted by atomic mass is 79.9. The molecule has 162 valence electrons. The van der Waals surface area contributed by atoms with Crippen molar-refractivity contribution in [3.05, 3.63) is 87.3 Å². The number of halogens is 2. The molecule has 6 nitrogen and oxygen atoms in total. The highest BCUT2D eigenvalue weighted by molar-refractivity contribution is 9.10. The summed E-state index contributed by atoms with van der Waals surface area (Å²) in [6, 6.07) is 20.2. The summed E-state index contributed by atoms with van der Waals surface area (Å²) in [5.41, 5.74) is 1.43. The smallest absolute Gasteiger partial charge is 0.261 e. The molecule has 1 amide bonds. The number of carbonyl (C=O) groups is 1. The number of ether oxygens (including phenoxy) is 1. The summed E-state index contributed by atoms with van der Waals surface area (Å²) in [5.74, 6) is 0.119. The Morgan fingerprint density at radius 3 is 2.29 bits per heavy atom. The Kier molecular flexibility index (Phi) is 7.74. The van der Waals surface area contributed by atoms with Gasteiger partial charge >= 0.3 is 0 Å². The number of nitrogens with one attached hydrogen (secondary N) is 2. The molecule has 0 aliphatic heterocycles. The molecule has 0 saturated heterocycles. The summed E-state index contributed by atoms with van der Waals surface area (Å²) in [6.07, 6.45) is 0. The highest BCUT2D eigenvalue weighted by Gasteiger charge is 2.15. The zero-order valence-corrected chi connectivity index (χ0v) is 20.5. The van der Waals surface area contributed by atoms with Crippen molar-refractivity contribution in [1.82, 2.24) is 5.32 Å². The predicted molar refractivity (Wildman–Crippen MR) is 128 cm³/mol. The molecule has 0 radical (unpaired) electrons. The minimum absolute atomic E-state index is 0.0931. The number of sulfonamides is 1. The summed E-state index contributed by atoms with van der Waals surface area (Å²) in [5, 5.41) is 2.87. The molecule has 3 aromatic carbocycles. The van der Waals surface area contributed by atoms with Crippen LogP contribution in [-0.2, 0) is 14.8 Å². The second-order valence-corrected chi connectivity index (χ2v) is 10.2. The third-order valence-electron chi connectivity index (χ3n) is 4.33. The number of rotatable bonds is 8. The van der Waals surface area contributed by atoms with E-state index in [1.165, 1.54) is 24.3 Å². The van der Waals surface area contributed by atoms with E-state index in [4.69, 9.17) is 4.74 Å². The van der Waals surface area contributed by atoms with Crippen molar-refractivity contribution in [3.8, 4) is 5.75 Å². The molecule has 0 heterocycles. The lowest BCUT2D eigenvalue weighted by molar-refractivity contribution is -0.123. The predicted octanol–water partition coefficient (Wildman–Crippen LogP) is 5.27. The largest absolute Gasteiger partial charge is 0.484 e. The molecule has 0 aliphatic carbocycles. The molecule has 1 atom stereocenters. The summed E-state index contributed by atoms with van der Waals surface area (Å²) in [7, 11) is -3.73. The topological polar surface area (TPSA) is 84.5 Å². The Morgan fingerprint density at radius 2 is 1.65 bits per heavy atom. The van der Waals surface area contributed by atoms with Crippen molar-refractivity contribution >= 4 is 53.5 Å². The van der Waals surface area contributed by atoms with E-state index in [2.05, 4.69) is 41.9 Å². The second-order valence-electron chi connectivity index (χ2n) is 6.72. The van der Waals surface area contributed by atoms with Crippen LogP contribution in [0.1, 0.15) is 18.5 Å². The molecule has 3 aromatic rings. The lowest BCUT2D eigenvalue weighted by Gasteiger charge is -2.15. The van der Waals surface area contributed by atoms with E-state index in [0.717, 1.165) is 14.5 Å². The summed E-state index contributed by atoms with van der Waals surface area (Å²) < 4.78 is 34.8. The molecular weight excluding hydrogens is 548 g/mol. The molecule has 0 aromatic heterocycles. The van der Waals surface area contributed by atoms with E-state index >= 15 is 0 Å². The number of carbonyl (C=O) groups excluding carboxylic acids is 1. The van der Waals surface area contributed by atoms with Gasteiger partial charge in [-0.3, -0.25) is 9.52 Å². The lowest BCUT2D eigenvalue weighted by Crippen LogP contribution is -2.31. The zero-order chi connectivity index (χ0) is 22.4. The molecule has 0 fully saturated rings. The molecule has 0 saturated carbocycles. The van der Waals surface area contributed by atoms with Crippen LogP contribution in [0.2, 0.25) is 0 Å². The molecule has 9 heteroatoms. The van der Waals surface area contributed by atoms with E-state index in [1.54, 1.807) is 24.3 Å². The standard InChI is InChI=1S/C22H20Br2N2O4S/c1-15(16-3-2-4-18(24)13-16)25-22(27)14-30-20-9-11-21(12-10-20)31(28,29)26-19-7-5-17(23)6-8-19/h2-13,15,26H,14H2,1H3,(H,25,27)/t15-/m1/s1. The Balaban J connectivity index is 1.55. The molecule has 0 aliphatic rings. The summed E-state index contributed by atoms with van der Waals surface area (Å²) in [6.45, 7) is 1.71. The highest BCUT2D eigenvalue weighted by Crippen LogP contribution is 2.21. The first-order valence-corrected chi connectivity index (χ1v) is 12.4. The van der Waals surface area contributed by atoms with Crippen LogP contribution in [0.25, 0.3) is 0 Å². The fraction of sp³-hybridized carbons (Fsp3) is 0.136. The van der Waals surface area contributed by atoms with Gasteiger partial charge in [0.15, 0.2) is 6.61 Å². The quantitative estimate of drug-likeness (QED) is 0.388. The average Bonchev–Trinajstić information content (AvgIpc) is 2.74. The zero-order valence-electron chi connectivity index (χ0n) is 16.5. The van der Waals surface area contributed by atoms with E-state index in [-0.39, 0.29) is 23.5 Å². The number of hydrogen-bond donors (Lipinski definition) is 2. The number of amides is 1. The molecule has 0 spiro atoms. The molecule has 0 bridgehead atoms. The normalized spacial score (nSPS) is 12.1. The first-order chi connectivity index (χ1) is 14.7. The maximum atomic E-state index is 12.5. The van der Waals surface area contributed by atoms with Crippen LogP contribution in [0.3, 0.4) is 0 Å².